The van der Waals surface area contributed by atoms with E-state index in [9.17, 15) is 0 Å². The lowest BCUT2D eigenvalue weighted by molar-refractivity contribution is -0.00742. The summed E-state index contributed by atoms with van der Waals surface area (Å²) >= 11 is 0. The van der Waals surface area contributed by atoms with E-state index in [1.54, 1.807) is 0 Å². The maximum Gasteiger partial charge on any atom is 0.0925 e. The standard InChI is InChI=1S/C15H23N3/c16-2-1-13-14(18-9-17-13)15-6-10-3-11(7-15)5-12(4-10)8-15/h9-12H,1-8,16H2,(H,17,18). The third-order valence-corrected chi connectivity index (χ3v) is 5.65. The van der Waals surface area contributed by atoms with E-state index in [1.165, 1.54) is 49.9 Å². The maximum atomic E-state index is 5.73. The predicted octanol–water partition coefficient (Wildman–Crippen LogP) is 2.38. The van der Waals surface area contributed by atoms with Crippen LogP contribution in [0.4, 0.5) is 0 Å². The lowest BCUT2D eigenvalue weighted by atomic mass is 9.48. The van der Waals surface area contributed by atoms with Crippen LogP contribution < -0.4 is 5.73 Å². The van der Waals surface area contributed by atoms with Gasteiger partial charge in [0.1, 0.15) is 0 Å². The molecule has 4 aliphatic rings. The van der Waals surface area contributed by atoms with Gasteiger partial charge in [-0.05, 0) is 62.8 Å². The first kappa shape index (κ1) is 11.0. The van der Waals surface area contributed by atoms with Gasteiger partial charge in [0, 0.05) is 17.5 Å². The summed E-state index contributed by atoms with van der Waals surface area (Å²) in [5, 5.41) is 0. The summed E-state index contributed by atoms with van der Waals surface area (Å²) < 4.78 is 0. The molecular weight excluding hydrogens is 222 g/mol. The highest BCUT2D eigenvalue weighted by atomic mass is 14.9. The summed E-state index contributed by atoms with van der Waals surface area (Å²) in [5.74, 6) is 2.95. The summed E-state index contributed by atoms with van der Waals surface area (Å²) in [6.45, 7) is 0.724. The van der Waals surface area contributed by atoms with Crippen LogP contribution >= 0.6 is 0 Å². The van der Waals surface area contributed by atoms with Crippen molar-refractivity contribution in [3.63, 3.8) is 0 Å². The van der Waals surface area contributed by atoms with Gasteiger partial charge in [0.25, 0.3) is 0 Å². The first-order chi connectivity index (χ1) is 8.79. The maximum absolute atomic E-state index is 5.73. The van der Waals surface area contributed by atoms with Gasteiger partial charge >= 0.3 is 0 Å². The van der Waals surface area contributed by atoms with Crippen LogP contribution in [0.3, 0.4) is 0 Å². The lowest BCUT2D eigenvalue weighted by Gasteiger charge is -2.56. The molecule has 4 aliphatic carbocycles. The van der Waals surface area contributed by atoms with E-state index in [-0.39, 0.29) is 0 Å². The Hall–Kier alpha value is -0.830. The number of rotatable bonds is 3. The van der Waals surface area contributed by atoms with Crippen LogP contribution in [0.25, 0.3) is 0 Å². The number of nitrogens with one attached hydrogen (secondary N) is 1. The van der Waals surface area contributed by atoms with Crippen LogP contribution in [0.2, 0.25) is 0 Å². The molecule has 1 heterocycles. The van der Waals surface area contributed by atoms with Gasteiger partial charge in [0.15, 0.2) is 0 Å². The molecule has 0 amide bonds. The minimum atomic E-state index is 0.416. The van der Waals surface area contributed by atoms with Crippen molar-refractivity contribution < 1.29 is 0 Å². The molecule has 4 fully saturated rings. The molecule has 0 unspecified atom stereocenters. The van der Waals surface area contributed by atoms with E-state index >= 15 is 0 Å². The van der Waals surface area contributed by atoms with Gasteiger partial charge in [-0.15, -0.1) is 0 Å². The van der Waals surface area contributed by atoms with Crippen molar-refractivity contribution in [2.24, 2.45) is 23.5 Å². The Labute approximate surface area is 109 Å². The summed E-state index contributed by atoms with van der Waals surface area (Å²) in [6, 6.07) is 0. The van der Waals surface area contributed by atoms with Gasteiger partial charge in [0.05, 0.1) is 12.0 Å². The quantitative estimate of drug-likeness (QED) is 0.859. The van der Waals surface area contributed by atoms with E-state index in [0.717, 1.165) is 30.7 Å². The van der Waals surface area contributed by atoms with Crippen molar-refractivity contribution in [2.75, 3.05) is 6.54 Å². The van der Waals surface area contributed by atoms with Gasteiger partial charge in [-0.1, -0.05) is 0 Å². The summed E-state index contributed by atoms with van der Waals surface area (Å²) in [6.07, 6.45) is 11.5. The van der Waals surface area contributed by atoms with Crippen LogP contribution in [0.1, 0.15) is 49.9 Å². The van der Waals surface area contributed by atoms with Gasteiger partial charge in [-0.3, -0.25) is 0 Å². The molecule has 18 heavy (non-hydrogen) atoms. The molecule has 1 aromatic heterocycles. The molecule has 0 radical (unpaired) electrons. The number of imidazole rings is 1. The van der Waals surface area contributed by atoms with Crippen molar-refractivity contribution in [2.45, 2.75) is 50.4 Å². The molecule has 3 nitrogen and oxygen atoms in total. The SMILES string of the molecule is NCCc1[nH]cnc1C12CC3CC(CC(C3)C1)C2. The molecule has 0 aromatic carbocycles. The van der Waals surface area contributed by atoms with Crippen LogP contribution in [0.5, 0.6) is 0 Å². The van der Waals surface area contributed by atoms with Gasteiger partial charge in [0.2, 0.25) is 0 Å². The highest BCUT2D eigenvalue weighted by Crippen LogP contribution is 2.60. The zero-order valence-corrected chi connectivity index (χ0v) is 11.0. The smallest absolute Gasteiger partial charge is 0.0925 e. The molecule has 3 heteroatoms. The minimum Gasteiger partial charge on any atom is -0.348 e. The Balaban J connectivity index is 1.72. The number of nitrogens with zero attached hydrogens (tertiary/aromatic N) is 1. The second kappa shape index (κ2) is 3.83. The second-order valence-corrected chi connectivity index (χ2v) is 6.97. The fraction of sp³-hybridized carbons (Fsp3) is 0.800. The fourth-order valence-electron chi connectivity index (χ4n) is 5.51. The molecule has 0 atom stereocenters. The zero-order valence-electron chi connectivity index (χ0n) is 11.0. The van der Waals surface area contributed by atoms with E-state index in [1.807, 2.05) is 6.33 Å². The Bertz CT molecular complexity index is 413. The second-order valence-electron chi connectivity index (χ2n) is 6.97. The first-order valence-electron chi connectivity index (χ1n) is 7.52. The minimum absolute atomic E-state index is 0.416. The van der Waals surface area contributed by atoms with Crippen molar-refractivity contribution in [3.8, 4) is 0 Å². The summed E-state index contributed by atoms with van der Waals surface area (Å²) in [5.41, 5.74) is 8.85. The number of hydrogen-bond donors (Lipinski definition) is 2. The predicted molar refractivity (Wildman–Crippen MR) is 71.2 cm³/mol. The highest BCUT2D eigenvalue weighted by Gasteiger charge is 2.53. The van der Waals surface area contributed by atoms with E-state index in [0.29, 0.717) is 5.41 Å². The van der Waals surface area contributed by atoms with E-state index in [4.69, 9.17) is 10.7 Å². The normalized spacial score (nSPS) is 41.5. The molecule has 4 saturated carbocycles. The van der Waals surface area contributed by atoms with Crippen molar-refractivity contribution in [1.29, 1.82) is 0 Å². The Morgan fingerprint density at radius 2 is 1.78 bits per heavy atom. The third-order valence-electron chi connectivity index (χ3n) is 5.65. The molecule has 3 N–H and O–H groups in total. The molecule has 0 spiro atoms. The topological polar surface area (TPSA) is 54.7 Å². The zero-order chi connectivity index (χ0) is 12.2. The van der Waals surface area contributed by atoms with Crippen LogP contribution in [0.15, 0.2) is 6.33 Å². The Kier molecular flexibility index (Phi) is 2.35. The van der Waals surface area contributed by atoms with E-state index < -0.39 is 0 Å². The summed E-state index contributed by atoms with van der Waals surface area (Å²) in [4.78, 5) is 8.05. The molecular formula is C15H23N3. The number of nitrogens with two attached hydrogens (primary N) is 1. The van der Waals surface area contributed by atoms with Gasteiger partial charge in [-0.2, -0.15) is 0 Å². The lowest BCUT2D eigenvalue weighted by Crippen LogP contribution is -2.49. The van der Waals surface area contributed by atoms with E-state index in [2.05, 4.69) is 4.98 Å². The van der Waals surface area contributed by atoms with Crippen molar-refractivity contribution in [1.82, 2.24) is 9.97 Å². The molecule has 98 valence electrons. The van der Waals surface area contributed by atoms with Gasteiger partial charge < -0.3 is 10.7 Å². The van der Waals surface area contributed by atoms with Crippen molar-refractivity contribution in [3.05, 3.63) is 17.7 Å². The molecule has 5 rings (SSSR count). The van der Waals surface area contributed by atoms with Crippen LogP contribution in [0, 0.1) is 17.8 Å². The number of aromatic amines is 1. The molecule has 1 aromatic rings. The third kappa shape index (κ3) is 1.49. The number of hydrogen-bond acceptors (Lipinski definition) is 2. The van der Waals surface area contributed by atoms with Crippen LogP contribution in [-0.4, -0.2) is 16.5 Å². The number of aromatic nitrogens is 2. The largest absolute Gasteiger partial charge is 0.348 e. The monoisotopic (exact) mass is 245 g/mol. The van der Waals surface area contributed by atoms with Crippen LogP contribution in [-0.2, 0) is 11.8 Å². The highest BCUT2D eigenvalue weighted by molar-refractivity contribution is 5.27. The molecule has 0 aliphatic heterocycles. The Morgan fingerprint density at radius 3 is 2.33 bits per heavy atom. The average molecular weight is 245 g/mol. The number of H-pyrrole nitrogens is 1. The van der Waals surface area contributed by atoms with Gasteiger partial charge in [-0.25, -0.2) is 4.98 Å². The molecule has 0 saturated heterocycles. The van der Waals surface area contributed by atoms with Crippen molar-refractivity contribution >= 4 is 0 Å². The summed E-state index contributed by atoms with van der Waals surface area (Å²) in [7, 11) is 0. The Morgan fingerprint density at radius 1 is 1.17 bits per heavy atom. The molecule has 4 bridgehead atoms. The first-order valence-corrected chi connectivity index (χ1v) is 7.52. The average Bonchev–Trinajstić information content (AvgIpc) is 2.76. The fourth-order valence-corrected chi connectivity index (χ4v) is 5.51.